The maximum atomic E-state index is 10.9. The highest BCUT2D eigenvalue weighted by molar-refractivity contribution is 9.09. The van der Waals surface area contributed by atoms with E-state index in [0.29, 0.717) is 29.8 Å². The van der Waals surface area contributed by atoms with Crippen LogP contribution in [0.1, 0.15) is 6.42 Å². The van der Waals surface area contributed by atoms with E-state index in [4.69, 9.17) is 16.3 Å². The third-order valence-corrected chi connectivity index (χ3v) is 1.51. The minimum Gasteiger partial charge on any atom is -0.461 e. The van der Waals surface area contributed by atoms with Crippen molar-refractivity contribution >= 4 is 33.5 Å². The molecular formula is C7H10BrClO2. The molecule has 64 valence electrons. The first-order chi connectivity index (χ1) is 5.22. The van der Waals surface area contributed by atoms with Crippen LogP contribution in [0.2, 0.25) is 0 Å². The van der Waals surface area contributed by atoms with Crippen LogP contribution in [0, 0.1) is 0 Å². The highest BCUT2D eigenvalue weighted by Gasteiger charge is 2.06. The van der Waals surface area contributed by atoms with Gasteiger partial charge in [-0.05, 0) is 6.42 Å². The van der Waals surface area contributed by atoms with Crippen molar-refractivity contribution in [3.63, 3.8) is 0 Å². The molecule has 4 heteroatoms. The molecule has 0 bridgehead atoms. The zero-order valence-corrected chi connectivity index (χ0v) is 8.45. The van der Waals surface area contributed by atoms with Gasteiger partial charge in [-0.25, -0.2) is 4.79 Å². The minimum atomic E-state index is -0.356. The first-order valence-corrected chi connectivity index (χ1v) is 4.84. The van der Waals surface area contributed by atoms with Crippen LogP contribution in [0.5, 0.6) is 0 Å². The molecule has 0 unspecified atom stereocenters. The van der Waals surface area contributed by atoms with Crippen molar-refractivity contribution in [2.45, 2.75) is 6.42 Å². The maximum absolute atomic E-state index is 10.9. The Kier molecular flexibility index (Phi) is 6.66. The molecule has 2 nitrogen and oxygen atoms in total. The summed E-state index contributed by atoms with van der Waals surface area (Å²) in [5, 5.41) is 0.646. The van der Waals surface area contributed by atoms with Crippen molar-refractivity contribution < 1.29 is 9.53 Å². The molecule has 0 fully saturated rings. The Morgan fingerprint density at radius 3 is 2.73 bits per heavy atom. The molecule has 0 aliphatic rings. The summed E-state index contributed by atoms with van der Waals surface area (Å²) in [5.74, 6) is 0.0486. The summed E-state index contributed by atoms with van der Waals surface area (Å²) in [7, 11) is 0. The Labute approximate surface area is 79.7 Å². The second kappa shape index (κ2) is 6.68. The summed E-state index contributed by atoms with van der Waals surface area (Å²) in [6.07, 6.45) is 0.489. The van der Waals surface area contributed by atoms with Gasteiger partial charge in [0.15, 0.2) is 0 Å². The van der Waals surface area contributed by atoms with Gasteiger partial charge in [0.25, 0.3) is 0 Å². The molecule has 0 aromatic rings. The van der Waals surface area contributed by atoms with Crippen LogP contribution in [0.3, 0.4) is 0 Å². The molecule has 0 saturated carbocycles. The highest BCUT2D eigenvalue weighted by atomic mass is 79.9. The number of rotatable bonds is 5. The lowest BCUT2D eigenvalue weighted by molar-refractivity contribution is -0.138. The van der Waals surface area contributed by atoms with Crippen molar-refractivity contribution in [1.29, 1.82) is 0 Å². The minimum absolute atomic E-state index is 0.356. The lowest BCUT2D eigenvalue weighted by Gasteiger charge is -2.02. The van der Waals surface area contributed by atoms with E-state index in [1.54, 1.807) is 0 Å². The number of carbonyl (C=O) groups is 1. The average molecular weight is 242 g/mol. The van der Waals surface area contributed by atoms with Gasteiger partial charge in [-0.1, -0.05) is 22.5 Å². The smallest absolute Gasteiger partial charge is 0.333 e. The zero-order valence-electron chi connectivity index (χ0n) is 6.11. The molecule has 0 radical (unpaired) electrons. The first kappa shape index (κ1) is 11.0. The Balaban J connectivity index is 3.56. The van der Waals surface area contributed by atoms with Gasteiger partial charge < -0.3 is 4.74 Å². The van der Waals surface area contributed by atoms with Crippen LogP contribution >= 0.6 is 27.5 Å². The monoisotopic (exact) mass is 240 g/mol. The largest absolute Gasteiger partial charge is 0.461 e. The number of alkyl halides is 2. The highest BCUT2D eigenvalue weighted by Crippen LogP contribution is 2.02. The van der Waals surface area contributed by atoms with E-state index < -0.39 is 0 Å². The Bertz CT molecular complexity index is 147. The number of esters is 1. The summed E-state index contributed by atoms with van der Waals surface area (Å²) in [6.45, 7) is 3.90. The van der Waals surface area contributed by atoms with Crippen molar-refractivity contribution in [3.05, 3.63) is 12.2 Å². The fraction of sp³-hybridized carbons (Fsp3) is 0.571. The topological polar surface area (TPSA) is 26.3 Å². The predicted molar refractivity (Wildman–Crippen MR) is 49.2 cm³/mol. The van der Waals surface area contributed by atoms with Gasteiger partial charge in [-0.2, -0.15) is 0 Å². The summed E-state index contributed by atoms with van der Waals surface area (Å²) < 4.78 is 4.76. The van der Waals surface area contributed by atoms with Crippen LogP contribution in [0.15, 0.2) is 12.2 Å². The van der Waals surface area contributed by atoms with Gasteiger partial charge >= 0.3 is 5.97 Å². The van der Waals surface area contributed by atoms with E-state index in [2.05, 4.69) is 22.5 Å². The molecule has 0 aromatic carbocycles. The average Bonchev–Trinajstić information content (AvgIpc) is 2.00. The quantitative estimate of drug-likeness (QED) is 0.419. The van der Waals surface area contributed by atoms with Gasteiger partial charge in [0, 0.05) is 16.8 Å². The molecule has 0 spiro atoms. The van der Waals surface area contributed by atoms with E-state index >= 15 is 0 Å². The Morgan fingerprint density at radius 2 is 2.27 bits per heavy atom. The van der Waals surface area contributed by atoms with Gasteiger partial charge in [0.05, 0.1) is 0 Å². The number of hydrogen-bond acceptors (Lipinski definition) is 2. The van der Waals surface area contributed by atoms with Crippen molar-refractivity contribution in [3.8, 4) is 0 Å². The lowest BCUT2D eigenvalue weighted by Crippen LogP contribution is -2.09. The number of hydrogen-bond donors (Lipinski definition) is 0. The van der Waals surface area contributed by atoms with Crippen molar-refractivity contribution in [1.82, 2.24) is 0 Å². The van der Waals surface area contributed by atoms with Gasteiger partial charge in [0.1, 0.15) is 6.61 Å². The predicted octanol–water partition coefficient (Wildman–Crippen LogP) is 2.11. The van der Waals surface area contributed by atoms with Crippen molar-refractivity contribution in [2.75, 3.05) is 17.8 Å². The standard InChI is InChI=1S/C7H10BrClO2/c1-6(2-4-9)7(10)11-5-3-8/h1-5H2. The third-order valence-electron chi connectivity index (χ3n) is 0.995. The molecule has 0 aliphatic carbocycles. The number of ether oxygens (including phenoxy) is 1. The van der Waals surface area contributed by atoms with E-state index in [1.807, 2.05) is 0 Å². The molecule has 0 saturated heterocycles. The van der Waals surface area contributed by atoms with Crippen LogP contribution in [0.25, 0.3) is 0 Å². The van der Waals surface area contributed by atoms with Gasteiger partial charge in [0.2, 0.25) is 0 Å². The fourth-order valence-electron chi connectivity index (χ4n) is 0.449. The third kappa shape index (κ3) is 5.27. The maximum Gasteiger partial charge on any atom is 0.333 e. The zero-order chi connectivity index (χ0) is 8.69. The summed E-state index contributed by atoms with van der Waals surface area (Å²) in [4.78, 5) is 10.9. The van der Waals surface area contributed by atoms with E-state index in [9.17, 15) is 4.79 Å². The SMILES string of the molecule is C=C(CCCl)C(=O)OCCBr. The molecule has 0 aliphatic heterocycles. The molecule has 0 rings (SSSR count). The van der Waals surface area contributed by atoms with Crippen LogP contribution in [-0.2, 0) is 9.53 Å². The van der Waals surface area contributed by atoms with E-state index in [1.165, 1.54) is 0 Å². The summed E-state index contributed by atoms with van der Waals surface area (Å²) in [5.41, 5.74) is 0.431. The molecule has 0 amide bonds. The summed E-state index contributed by atoms with van der Waals surface area (Å²) >= 11 is 8.53. The fourth-order valence-corrected chi connectivity index (χ4v) is 0.839. The van der Waals surface area contributed by atoms with Gasteiger partial charge in [-0.3, -0.25) is 0 Å². The first-order valence-electron chi connectivity index (χ1n) is 3.19. The van der Waals surface area contributed by atoms with Crippen LogP contribution in [-0.4, -0.2) is 23.8 Å². The number of halogens is 2. The molecule has 0 atom stereocenters. The second-order valence-electron chi connectivity index (χ2n) is 1.87. The lowest BCUT2D eigenvalue weighted by atomic mass is 10.2. The van der Waals surface area contributed by atoms with Crippen LogP contribution in [0.4, 0.5) is 0 Å². The molecule has 11 heavy (non-hydrogen) atoms. The van der Waals surface area contributed by atoms with E-state index in [0.717, 1.165) is 0 Å². The van der Waals surface area contributed by atoms with Gasteiger partial charge in [-0.15, -0.1) is 11.6 Å². The van der Waals surface area contributed by atoms with Crippen molar-refractivity contribution in [2.24, 2.45) is 0 Å². The van der Waals surface area contributed by atoms with E-state index in [-0.39, 0.29) is 5.97 Å². The van der Waals surface area contributed by atoms with Crippen LogP contribution < -0.4 is 0 Å². The molecular weight excluding hydrogens is 231 g/mol. The normalized spacial score (nSPS) is 9.27. The Hall–Kier alpha value is -0.0200. The molecule has 0 aromatic heterocycles. The molecule has 0 N–H and O–H groups in total. The Morgan fingerprint density at radius 1 is 1.64 bits per heavy atom. The number of carbonyl (C=O) groups excluding carboxylic acids is 1. The molecule has 0 heterocycles. The summed E-state index contributed by atoms with van der Waals surface area (Å²) in [6, 6.07) is 0. The second-order valence-corrected chi connectivity index (χ2v) is 3.04.